The molecule has 0 unspecified atom stereocenters. The Morgan fingerprint density at radius 3 is 2.52 bits per heavy atom. The number of fused-ring (bicyclic) bond motifs is 2. The van der Waals surface area contributed by atoms with Gasteiger partial charge in [-0.1, -0.05) is 53.8 Å². The quantitative estimate of drug-likeness (QED) is 0.280. The largest absolute Gasteiger partial charge is 0.496 e. The SMILES string of the molecule is CCOC(=O)C1=C(C)N=c2s/c(=C/c3ccc(OCC(=O)N4CCCC4)cc3)c(=O)n2[C@@H]1c1c(OC)ccc2ccccc12. The molecule has 1 aromatic heterocycles. The maximum absolute atomic E-state index is 14.1. The topological polar surface area (TPSA) is 99.4 Å². The van der Waals surface area contributed by atoms with Crippen LogP contribution in [0.15, 0.2) is 81.7 Å². The lowest BCUT2D eigenvalue weighted by Crippen LogP contribution is -2.40. The summed E-state index contributed by atoms with van der Waals surface area (Å²) in [5.41, 5.74) is 1.99. The molecule has 1 saturated heterocycles. The number of ether oxygens (including phenoxy) is 3. The summed E-state index contributed by atoms with van der Waals surface area (Å²) < 4.78 is 19.0. The van der Waals surface area contributed by atoms with E-state index in [-0.39, 0.29) is 24.7 Å². The molecule has 1 atom stereocenters. The van der Waals surface area contributed by atoms with Crippen molar-refractivity contribution in [3.63, 3.8) is 0 Å². The van der Waals surface area contributed by atoms with Gasteiger partial charge in [0.1, 0.15) is 17.5 Å². The summed E-state index contributed by atoms with van der Waals surface area (Å²) in [5.74, 6) is 0.594. The number of hydrogen-bond donors (Lipinski definition) is 0. The van der Waals surface area contributed by atoms with Crippen LogP contribution >= 0.6 is 11.3 Å². The van der Waals surface area contributed by atoms with Crippen molar-refractivity contribution in [2.75, 3.05) is 33.4 Å². The summed E-state index contributed by atoms with van der Waals surface area (Å²) in [5, 5.41) is 1.81. The lowest BCUT2D eigenvalue weighted by molar-refractivity contribution is -0.139. The Bertz CT molecular complexity index is 1950. The van der Waals surface area contributed by atoms with E-state index < -0.39 is 12.0 Å². The smallest absolute Gasteiger partial charge is 0.338 e. The lowest BCUT2D eigenvalue weighted by Gasteiger charge is -2.27. The Morgan fingerprint density at radius 2 is 1.80 bits per heavy atom. The zero-order valence-electron chi connectivity index (χ0n) is 24.9. The number of aromatic nitrogens is 1. The van der Waals surface area contributed by atoms with Gasteiger partial charge >= 0.3 is 5.97 Å². The first-order valence-electron chi connectivity index (χ1n) is 14.7. The molecule has 0 saturated carbocycles. The zero-order chi connectivity index (χ0) is 30.8. The van der Waals surface area contributed by atoms with Gasteiger partial charge in [-0.3, -0.25) is 14.2 Å². The average Bonchev–Trinajstić information content (AvgIpc) is 3.68. The van der Waals surface area contributed by atoms with E-state index in [0.717, 1.165) is 42.3 Å². The molecule has 226 valence electrons. The van der Waals surface area contributed by atoms with Crippen LogP contribution in [0.3, 0.4) is 0 Å². The van der Waals surface area contributed by atoms with Gasteiger partial charge in [0.15, 0.2) is 11.4 Å². The summed E-state index contributed by atoms with van der Waals surface area (Å²) in [6.07, 6.45) is 3.86. The van der Waals surface area contributed by atoms with Gasteiger partial charge in [-0.25, -0.2) is 9.79 Å². The van der Waals surface area contributed by atoms with E-state index in [1.165, 1.54) is 11.3 Å². The minimum Gasteiger partial charge on any atom is -0.496 e. The molecule has 6 rings (SSSR count). The lowest BCUT2D eigenvalue weighted by atomic mass is 9.90. The number of allylic oxidation sites excluding steroid dienone is 1. The predicted molar refractivity (Wildman–Crippen MR) is 169 cm³/mol. The summed E-state index contributed by atoms with van der Waals surface area (Å²) in [6, 6.07) is 18.1. The molecule has 0 N–H and O–H groups in total. The second-order valence-electron chi connectivity index (χ2n) is 10.7. The number of carbonyl (C=O) groups is 2. The van der Waals surface area contributed by atoms with Gasteiger partial charge in [0, 0.05) is 18.7 Å². The van der Waals surface area contributed by atoms with Crippen LogP contribution < -0.4 is 24.4 Å². The number of benzene rings is 3. The van der Waals surface area contributed by atoms with E-state index in [9.17, 15) is 14.4 Å². The molecule has 3 heterocycles. The molecule has 1 amide bonds. The van der Waals surface area contributed by atoms with Gasteiger partial charge in [-0.2, -0.15) is 0 Å². The number of rotatable bonds is 8. The number of carbonyl (C=O) groups excluding carboxylic acids is 2. The number of hydrogen-bond acceptors (Lipinski definition) is 8. The van der Waals surface area contributed by atoms with E-state index >= 15 is 0 Å². The second kappa shape index (κ2) is 12.5. The molecule has 0 bridgehead atoms. The van der Waals surface area contributed by atoms with Crippen LogP contribution in [-0.2, 0) is 14.3 Å². The minimum absolute atomic E-state index is 0.00225. The molecule has 3 aromatic carbocycles. The highest BCUT2D eigenvalue weighted by molar-refractivity contribution is 7.07. The number of thiazole rings is 1. The predicted octanol–water partition coefficient (Wildman–Crippen LogP) is 3.96. The number of esters is 1. The van der Waals surface area contributed by atoms with Crippen molar-refractivity contribution < 1.29 is 23.8 Å². The summed E-state index contributed by atoms with van der Waals surface area (Å²) in [4.78, 5) is 46.9. The third-order valence-corrected chi connectivity index (χ3v) is 8.92. The van der Waals surface area contributed by atoms with Gasteiger partial charge < -0.3 is 19.1 Å². The Hall–Kier alpha value is -4.70. The number of likely N-dealkylation sites (tertiary alicyclic amines) is 1. The first-order chi connectivity index (χ1) is 21.4. The van der Waals surface area contributed by atoms with Crippen molar-refractivity contribution in [1.29, 1.82) is 0 Å². The van der Waals surface area contributed by atoms with Crippen molar-refractivity contribution in [2.45, 2.75) is 32.7 Å². The first-order valence-corrected chi connectivity index (χ1v) is 15.5. The minimum atomic E-state index is -0.808. The fourth-order valence-corrected chi connectivity index (χ4v) is 6.86. The van der Waals surface area contributed by atoms with Crippen molar-refractivity contribution >= 4 is 40.1 Å². The molecule has 0 aliphatic carbocycles. The van der Waals surface area contributed by atoms with Crippen LogP contribution in [0.5, 0.6) is 11.5 Å². The average molecular weight is 612 g/mol. The monoisotopic (exact) mass is 611 g/mol. The molecule has 2 aliphatic rings. The number of amides is 1. The standard InChI is InChI=1S/C34H33N3O6S/c1-4-42-33(40)29-21(2)35-34-37(31(29)30-25-10-6-5-9-23(25)13-16-26(30)41-3)32(39)27(44-34)19-22-11-14-24(15-12-22)43-20-28(38)36-17-7-8-18-36/h5-6,9-16,19,31H,4,7-8,17-18,20H2,1-3H3/b27-19+/t31-/m0/s1. The van der Waals surface area contributed by atoms with Crippen LogP contribution in [0.4, 0.5) is 0 Å². The van der Waals surface area contributed by atoms with Gasteiger partial charge in [0.05, 0.1) is 29.5 Å². The highest BCUT2D eigenvalue weighted by atomic mass is 32.1. The molecule has 0 radical (unpaired) electrons. The Morgan fingerprint density at radius 1 is 1.05 bits per heavy atom. The Balaban J connectivity index is 1.41. The van der Waals surface area contributed by atoms with E-state index in [1.54, 1.807) is 43.7 Å². The van der Waals surface area contributed by atoms with E-state index in [4.69, 9.17) is 19.2 Å². The highest BCUT2D eigenvalue weighted by Gasteiger charge is 2.36. The third-order valence-electron chi connectivity index (χ3n) is 7.94. The van der Waals surface area contributed by atoms with Crippen LogP contribution in [0, 0.1) is 0 Å². The van der Waals surface area contributed by atoms with Crippen LogP contribution in [0.25, 0.3) is 16.8 Å². The molecule has 0 spiro atoms. The maximum Gasteiger partial charge on any atom is 0.338 e. The van der Waals surface area contributed by atoms with Gasteiger partial charge in [0.2, 0.25) is 0 Å². The van der Waals surface area contributed by atoms with Crippen molar-refractivity contribution in [3.8, 4) is 11.5 Å². The molecule has 1 fully saturated rings. The molecule has 9 nitrogen and oxygen atoms in total. The third kappa shape index (κ3) is 5.53. The second-order valence-corrected chi connectivity index (χ2v) is 11.7. The summed E-state index contributed by atoms with van der Waals surface area (Å²) in [7, 11) is 1.58. The van der Waals surface area contributed by atoms with E-state index in [2.05, 4.69) is 0 Å². The normalized spacial score (nSPS) is 16.6. The first kappa shape index (κ1) is 29.4. The Labute approximate surface area is 258 Å². The number of methoxy groups -OCH3 is 1. The molecular formula is C34H33N3O6S. The highest BCUT2D eigenvalue weighted by Crippen LogP contribution is 2.40. The fraction of sp³-hybridized carbons (Fsp3) is 0.294. The van der Waals surface area contributed by atoms with Gasteiger partial charge in [-0.05, 0) is 67.3 Å². The molecule has 2 aliphatic heterocycles. The molecule has 44 heavy (non-hydrogen) atoms. The fourth-order valence-electron chi connectivity index (χ4n) is 5.81. The molecule has 10 heteroatoms. The Kier molecular flexibility index (Phi) is 8.34. The van der Waals surface area contributed by atoms with Crippen LogP contribution in [0.2, 0.25) is 0 Å². The molecular weight excluding hydrogens is 578 g/mol. The number of nitrogens with zero attached hydrogens (tertiary/aromatic N) is 3. The van der Waals surface area contributed by atoms with Crippen LogP contribution in [-0.4, -0.2) is 54.8 Å². The van der Waals surface area contributed by atoms with Gasteiger partial charge in [-0.15, -0.1) is 0 Å². The van der Waals surface area contributed by atoms with Crippen molar-refractivity contribution in [1.82, 2.24) is 9.47 Å². The van der Waals surface area contributed by atoms with E-state index in [0.29, 0.717) is 37.7 Å². The summed E-state index contributed by atoms with van der Waals surface area (Å²) in [6.45, 7) is 5.27. The zero-order valence-corrected chi connectivity index (χ0v) is 25.7. The summed E-state index contributed by atoms with van der Waals surface area (Å²) >= 11 is 1.26. The molecule has 4 aromatic rings. The van der Waals surface area contributed by atoms with Crippen molar-refractivity contribution in [3.05, 3.63) is 103 Å². The van der Waals surface area contributed by atoms with Crippen LogP contribution in [0.1, 0.15) is 43.9 Å². The maximum atomic E-state index is 14.1. The van der Waals surface area contributed by atoms with Crippen molar-refractivity contribution in [2.24, 2.45) is 4.99 Å². The van der Waals surface area contributed by atoms with Gasteiger partial charge in [0.25, 0.3) is 11.5 Å². The van der Waals surface area contributed by atoms with E-state index in [1.807, 2.05) is 53.4 Å².